The minimum atomic E-state index is -3.32. The Morgan fingerprint density at radius 1 is 1.19 bits per heavy atom. The van der Waals surface area contributed by atoms with E-state index in [0.717, 1.165) is 17.6 Å². The van der Waals surface area contributed by atoms with Gasteiger partial charge in [0.2, 0.25) is 5.91 Å². The lowest BCUT2D eigenvalue weighted by Crippen LogP contribution is -2.31. The number of sulfone groups is 1. The van der Waals surface area contributed by atoms with Crippen LogP contribution in [0.3, 0.4) is 0 Å². The van der Waals surface area contributed by atoms with Crippen molar-refractivity contribution in [3.8, 4) is 0 Å². The number of carbonyl (C=O) groups is 1. The zero-order valence-electron chi connectivity index (χ0n) is 12.1. The fraction of sp³-hybridized carbons (Fsp3) is 0.500. The molecule has 0 unspecified atom stereocenters. The average Bonchev–Trinajstić information content (AvgIpc) is 2.44. The molecule has 0 bridgehead atoms. The van der Waals surface area contributed by atoms with Crippen molar-refractivity contribution in [1.82, 2.24) is 10.6 Å². The van der Waals surface area contributed by atoms with Crippen LogP contribution in [0.1, 0.15) is 19.8 Å². The highest BCUT2D eigenvalue weighted by Crippen LogP contribution is 2.16. The standard InChI is InChI=1S/C14H21BrN2O3S/c1-2-16-9-10-17-14(18)4-3-11-21(19,20)13-7-5-12(15)6-8-13/h5-8,16H,2-4,9-11H2,1H3,(H,17,18). The van der Waals surface area contributed by atoms with Gasteiger partial charge in [-0.05, 0) is 37.2 Å². The first-order valence-electron chi connectivity index (χ1n) is 6.91. The van der Waals surface area contributed by atoms with Gasteiger partial charge in [-0.15, -0.1) is 0 Å². The van der Waals surface area contributed by atoms with Gasteiger partial charge in [0.25, 0.3) is 0 Å². The van der Waals surface area contributed by atoms with Crippen LogP contribution in [0.5, 0.6) is 0 Å². The summed E-state index contributed by atoms with van der Waals surface area (Å²) in [5.41, 5.74) is 0. The van der Waals surface area contributed by atoms with Gasteiger partial charge in [-0.3, -0.25) is 4.79 Å². The lowest BCUT2D eigenvalue weighted by Gasteiger charge is -2.06. The minimum absolute atomic E-state index is 0.0186. The van der Waals surface area contributed by atoms with E-state index >= 15 is 0 Å². The Labute approximate surface area is 134 Å². The van der Waals surface area contributed by atoms with E-state index in [0.29, 0.717) is 17.9 Å². The van der Waals surface area contributed by atoms with Crippen LogP contribution in [0.25, 0.3) is 0 Å². The number of nitrogens with one attached hydrogen (secondary N) is 2. The second kappa shape index (κ2) is 9.17. The van der Waals surface area contributed by atoms with Crippen molar-refractivity contribution in [3.05, 3.63) is 28.7 Å². The van der Waals surface area contributed by atoms with Gasteiger partial charge >= 0.3 is 0 Å². The number of likely N-dealkylation sites (N-methyl/N-ethyl adjacent to an activating group) is 1. The molecule has 5 nitrogen and oxygen atoms in total. The first-order valence-corrected chi connectivity index (χ1v) is 9.36. The summed E-state index contributed by atoms with van der Waals surface area (Å²) in [6, 6.07) is 6.52. The molecule has 7 heteroatoms. The minimum Gasteiger partial charge on any atom is -0.355 e. The summed E-state index contributed by atoms with van der Waals surface area (Å²) in [6.07, 6.45) is 0.549. The molecule has 0 atom stereocenters. The highest BCUT2D eigenvalue weighted by atomic mass is 79.9. The van der Waals surface area contributed by atoms with Crippen LogP contribution in [0.2, 0.25) is 0 Å². The topological polar surface area (TPSA) is 75.3 Å². The highest BCUT2D eigenvalue weighted by molar-refractivity contribution is 9.10. The van der Waals surface area contributed by atoms with E-state index < -0.39 is 9.84 Å². The summed E-state index contributed by atoms with van der Waals surface area (Å²) in [5.74, 6) is -0.131. The number of hydrogen-bond acceptors (Lipinski definition) is 4. The molecular weight excluding hydrogens is 356 g/mol. The van der Waals surface area contributed by atoms with Gasteiger partial charge in [-0.2, -0.15) is 0 Å². The zero-order chi connectivity index (χ0) is 15.7. The van der Waals surface area contributed by atoms with Crippen LogP contribution in [0.15, 0.2) is 33.6 Å². The third-order valence-corrected chi connectivity index (χ3v) is 5.21. The summed E-state index contributed by atoms with van der Waals surface area (Å²) in [5, 5.41) is 5.84. The molecular formula is C14H21BrN2O3S. The maximum atomic E-state index is 12.1. The predicted molar refractivity (Wildman–Crippen MR) is 87.0 cm³/mol. The van der Waals surface area contributed by atoms with Crippen molar-refractivity contribution in [1.29, 1.82) is 0 Å². The molecule has 1 amide bonds. The summed E-state index contributed by atoms with van der Waals surface area (Å²) in [6.45, 7) is 4.14. The maximum Gasteiger partial charge on any atom is 0.220 e. The van der Waals surface area contributed by atoms with E-state index in [1.54, 1.807) is 24.3 Å². The molecule has 0 fully saturated rings. The van der Waals surface area contributed by atoms with Crippen molar-refractivity contribution < 1.29 is 13.2 Å². The molecule has 0 radical (unpaired) electrons. The molecule has 0 aliphatic heterocycles. The molecule has 0 aliphatic rings. The van der Waals surface area contributed by atoms with Gasteiger partial charge in [-0.25, -0.2) is 8.42 Å². The summed E-state index contributed by atoms with van der Waals surface area (Å²) < 4.78 is 25.0. The van der Waals surface area contributed by atoms with Gasteiger partial charge < -0.3 is 10.6 Å². The first-order chi connectivity index (χ1) is 9.95. The summed E-state index contributed by atoms with van der Waals surface area (Å²) in [4.78, 5) is 11.8. The van der Waals surface area contributed by atoms with Gasteiger partial charge in [0.1, 0.15) is 0 Å². The van der Waals surface area contributed by atoms with Crippen LogP contribution in [-0.4, -0.2) is 39.7 Å². The SMILES string of the molecule is CCNCCNC(=O)CCCS(=O)(=O)c1ccc(Br)cc1. The molecule has 1 aromatic carbocycles. The van der Waals surface area contributed by atoms with E-state index in [2.05, 4.69) is 26.6 Å². The molecule has 0 aromatic heterocycles. The first kappa shape index (κ1) is 18.1. The quantitative estimate of drug-likeness (QED) is 0.643. The molecule has 0 saturated heterocycles. The largest absolute Gasteiger partial charge is 0.355 e. The number of halogens is 1. The van der Waals surface area contributed by atoms with Crippen molar-refractivity contribution in [3.63, 3.8) is 0 Å². The van der Waals surface area contributed by atoms with Crippen molar-refractivity contribution in [2.24, 2.45) is 0 Å². The Morgan fingerprint density at radius 2 is 1.86 bits per heavy atom. The average molecular weight is 377 g/mol. The molecule has 0 heterocycles. The Hall–Kier alpha value is -0.920. The van der Waals surface area contributed by atoms with Crippen molar-refractivity contribution in [2.75, 3.05) is 25.4 Å². The Balaban J connectivity index is 2.34. The van der Waals surface area contributed by atoms with Gasteiger partial charge in [-0.1, -0.05) is 22.9 Å². The Bertz CT molecular complexity index is 544. The fourth-order valence-electron chi connectivity index (χ4n) is 1.74. The van der Waals surface area contributed by atoms with E-state index in [-0.39, 0.29) is 18.1 Å². The van der Waals surface area contributed by atoms with E-state index in [1.807, 2.05) is 6.92 Å². The lowest BCUT2D eigenvalue weighted by atomic mass is 10.3. The van der Waals surface area contributed by atoms with Crippen molar-refractivity contribution >= 4 is 31.7 Å². The van der Waals surface area contributed by atoms with Crippen LogP contribution < -0.4 is 10.6 Å². The number of rotatable bonds is 9. The lowest BCUT2D eigenvalue weighted by molar-refractivity contribution is -0.121. The predicted octanol–water partition coefficient (Wildman–Crippen LogP) is 1.73. The number of carbonyl (C=O) groups excluding carboxylic acids is 1. The van der Waals surface area contributed by atoms with Crippen LogP contribution >= 0.6 is 15.9 Å². The third-order valence-electron chi connectivity index (χ3n) is 2.86. The molecule has 118 valence electrons. The number of hydrogen-bond donors (Lipinski definition) is 2. The van der Waals surface area contributed by atoms with Crippen LogP contribution in [0.4, 0.5) is 0 Å². The molecule has 21 heavy (non-hydrogen) atoms. The Morgan fingerprint density at radius 3 is 2.48 bits per heavy atom. The van der Waals surface area contributed by atoms with Gasteiger partial charge in [0.05, 0.1) is 10.6 Å². The van der Waals surface area contributed by atoms with Crippen LogP contribution in [0, 0.1) is 0 Å². The fourth-order valence-corrected chi connectivity index (χ4v) is 3.31. The number of benzene rings is 1. The van der Waals surface area contributed by atoms with E-state index in [1.165, 1.54) is 0 Å². The molecule has 0 saturated carbocycles. The summed E-state index contributed by atoms with van der Waals surface area (Å²) >= 11 is 3.27. The molecule has 2 N–H and O–H groups in total. The van der Waals surface area contributed by atoms with Crippen LogP contribution in [-0.2, 0) is 14.6 Å². The highest BCUT2D eigenvalue weighted by Gasteiger charge is 2.14. The zero-order valence-corrected chi connectivity index (χ0v) is 14.5. The second-order valence-corrected chi connectivity index (χ2v) is 7.60. The van der Waals surface area contributed by atoms with Gasteiger partial charge in [0.15, 0.2) is 9.84 Å². The summed E-state index contributed by atoms with van der Waals surface area (Å²) in [7, 11) is -3.32. The normalized spacial score (nSPS) is 11.3. The molecule has 0 aliphatic carbocycles. The van der Waals surface area contributed by atoms with E-state index in [9.17, 15) is 13.2 Å². The second-order valence-electron chi connectivity index (χ2n) is 4.58. The monoisotopic (exact) mass is 376 g/mol. The van der Waals surface area contributed by atoms with E-state index in [4.69, 9.17) is 0 Å². The molecule has 1 aromatic rings. The molecule has 1 rings (SSSR count). The smallest absolute Gasteiger partial charge is 0.220 e. The van der Waals surface area contributed by atoms with Crippen molar-refractivity contribution in [2.45, 2.75) is 24.7 Å². The third kappa shape index (κ3) is 7.06. The number of amides is 1. The Kier molecular flexibility index (Phi) is 7.92. The maximum absolute atomic E-state index is 12.1. The molecule has 0 spiro atoms. The van der Waals surface area contributed by atoms with Gasteiger partial charge in [0, 0.05) is 24.0 Å².